The first-order valence-electron chi connectivity index (χ1n) is 5.87. The second kappa shape index (κ2) is 5.59. The largest absolute Gasteiger partial charge is 0.319 e. The predicted octanol–water partition coefficient (Wildman–Crippen LogP) is 1.68. The van der Waals surface area contributed by atoms with E-state index in [1.165, 1.54) is 18.2 Å². The zero-order chi connectivity index (χ0) is 13.8. The molecule has 0 saturated carbocycles. The molecule has 1 aromatic heterocycles. The lowest BCUT2D eigenvalue weighted by atomic mass is 10.1. The molecule has 0 saturated heterocycles. The number of nitriles is 1. The fourth-order valence-corrected chi connectivity index (χ4v) is 1.86. The van der Waals surface area contributed by atoms with Crippen LogP contribution in [0.25, 0.3) is 0 Å². The normalized spacial score (nSPS) is 12.1. The Kier molecular flexibility index (Phi) is 3.88. The molecule has 1 N–H and O–H groups in total. The molecule has 1 heterocycles. The van der Waals surface area contributed by atoms with Gasteiger partial charge in [0.15, 0.2) is 0 Å². The molecule has 0 aliphatic carbocycles. The first kappa shape index (κ1) is 13.2. The van der Waals surface area contributed by atoms with Crippen LogP contribution < -0.4 is 5.32 Å². The van der Waals surface area contributed by atoms with Gasteiger partial charge in [-0.3, -0.25) is 0 Å². The third kappa shape index (κ3) is 2.95. The van der Waals surface area contributed by atoms with Crippen molar-refractivity contribution in [1.82, 2.24) is 20.1 Å². The van der Waals surface area contributed by atoms with Crippen LogP contribution in [0.3, 0.4) is 0 Å². The Morgan fingerprint density at radius 1 is 1.53 bits per heavy atom. The average Bonchev–Trinajstić information content (AvgIpc) is 2.82. The Balaban J connectivity index is 2.09. The van der Waals surface area contributed by atoms with Gasteiger partial charge in [0.2, 0.25) is 0 Å². The Hall–Kier alpha value is -2.26. The minimum absolute atomic E-state index is 0.0395. The summed E-state index contributed by atoms with van der Waals surface area (Å²) in [4.78, 5) is 0. The van der Waals surface area contributed by atoms with E-state index in [9.17, 15) is 4.39 Å². The van der Waals surface area contributed by atoms with E-state index in [1.807, 2.05) is 18.5 Å². The van der Waals surface area contributed by atoms with Gasteiger partial charge >= 0.3 is 0 Å². The van der Waals surface area contributed by atoms with Gasteiger partial charge in [0.05, 0.1) is 17.7 Å². The summed E-state index contributed by atoms with van der Waals surface area (Å²) >= 11 is 0. The highest BCUT2D eigenvalue weighted by Crippen LogP contribution is 2.13. The van der Waals surface area contributed by atoms with Crippen LogP contribution in [0.1, 0.15) is 29.9 Å². The summed E-state index contributed by atoms with van der Waals surface area (Å²) in [7, 11) is 1.86. The topological polar surface area (TPSA) is 66.5 Å². The molecule has 0 fully saturated rings. The Morgan fingerprint density at radius 2 is 2.32 bits per heavy atom. The van der Waals surface area contributed by atoms with Crippen molar-refractivity contribution in [3.8, 4) is 6.07 Å². The van der Waals surface area contributed by atoms with E-state index in [4.69, 9.17) is 5.26 Å². The molecule has 1 aromatic carbocycles. The highest BCUT2D eigenvalue weighted by molar-refractivity contribution is 5.37. The van der Waals surface area contributed by atoms with E-state index in [1.54, 1.807) is 6.33 Å². The maximum absolute atomic E-state index is 13.2. The van der Waals surface area contributed by atoms with Gasteiger partial charge in [-0.25, -0.2) is 4.39 Å². The molecule has 2 aromatic rings. The third-order valence-corrected chi connectivity index (χ3v) is 2.92. The lowest BCUT2D eigenvalue weighted by Crippen LogP contribution is -2.21. The fourth-order valence-electron chi connectivity index (χ4n) is 1.86. The summed E-state index contributed by atoms with van der Waals surface area (Å²) in [6, 6.07) is 6.15. The molecular formula is C13H14FN5. The second-order valence-corrected chi connectivity index (χ2v) is 4.32. The molecule has 0 aliphatic heterocycles. The molecule has 0 amide bonds. The van der Waals surface area contributed by atoms with E-state index in [0.717, 1.165) is 5.82 Å². The van der Waals surface area contributed by atoms with Crippen LogP contribution in [-0.4, -0.2) is 14.8 Å². The van der Waals surface area contributed by atoms with Crippen LogP contribution >= 0.6 is 0 Å². The van der Waals surface area contributed by atoms with E-state index >= 15 is 0 Å². The van der Waals surface area contributed by atoms with Crippen molar-refractivity contribution in [2.45, 2.75) is 19.5 Å². The van der Waals surface area contributed by atoms with Crippen LogP contribution in [0.15, 0.2) is 24.5 Å². The Morgan fingerprint density at radius 3 is 2.95 bits per heavy atom. The molecule has 2 rings (SSSR count). The Labute approximate surface area is 110 Å². The number of hydrogen-bond donors (Lipinski definition) is 1. The number of nitrogens with one attached hydrogen (secondary N) is 1. The van der Waals surface area contributed by atoms with Gasteiger partial charge < -0.3 is 9.88 Å². The van der Waals surface area contributed by atoms with Crippen LogP contribution in [0.2, 0.25) is 0 Å². The molecule has 0 radical (unpaired) electrons. The van der Waals surface area contributed by atoms with E-state index in [2.05, 4.69) is 21.6 Å². The molecule has 0 spiro atoms. The second-order valence-electron chi connectivity index (χ2n) is 4.32. The molecule has 0 aliphatic rings. The van der Waals surface area contributed by atoms with Crippen molar-refractivity contribution in [3.63, 3.8) is 0 Å². The van der Waals surface area contributed by atoms with Crippen LogP contribution in [0, 0.1) is 17.1 Å². The van der Waals surface area contributed by atoms with Crippen molar-refractivity contribution in [2.75, 3.05) is 0 Å². The molecule has 19 heavy (non-hydrogen) atoms. The number of nitrogens with zero attached hydrogens (tertiary/aromatic N) is 4. The zero-order valence-electron chi connectivity index (χ0n) is 10.8. The first-order chi connectivity index (χ1) is 9.11. The lowest BCUT2D eigenvalue weighted by molar-refractivity contribution is 0.526. The Bertz CT molecular complexity index is 614. The van der Waals surface area contributed by atoms with Crippen molar-refractivity contribution in [1.29, 1.82) is 5.26 Å². The molecular weight excluding hydrogens is 245 g/mol. The van der Waals surface area contributed by atoms with Gasteiger partial charge in [-0.2, -0.15) is 5.26 Å². The van der Waals surface area contributed by atoms with Crippen molar-refractivity contribution in [3.05, 3.63) is 47.3 Å². The maximum atomic E-state index is 13.2. The van der Waals surface area contributed by atoms with Gasteiger partial charge in [-0.05, 0) is 30.7 Å². The SMILES string of the molecule is CC(NCc1cc(F)ccc1C#N)c1nncn1C. The standard InChI is InChI=1S/C13H14FN5/c1-9(13-18-17-8-19(13)2)16-7-11-5-12(14)4-3-10(11)6-15/h3-5,8-9,16H,7H2,1-2H3. The highest BCUT2D eigenvalue weighted by Gasteiger charge is 2.12. The number of halogens is 1. The third-order valence-electron chi connectivity index (χ3n) is 2.92. The van der Waals surface area contributed by atoms with Crippen molar-refractivity contribution in [2.24, 2.45) is 7.05 Å². The van der Waals surface area contributed by atoms with E-state index in [0.29, 0.717) is 17.7 Å². The number of aryl methyl sites for hydroxylation is 1. The maximum Gasteiger partial charge on any atom is 0.149 e. The smallest absolute Gasteiger partial charge is 0.149 e. The predicted molar refractivity (Wildman–Crippen MR) is 67.4 cm³/mol. The van der Waals surface area contributed by atoms with Gasteiger partial charge in [0, 0.05) is 13.6 Å². The van der Waals surface area contributed by atoms with Crippen LogP contribution in [0.5, 0.6) is 0 Å². The van der Waals surface area contributed by atoms with Gasteiger partial charge in [-0.1, -0.05) is 0 Å². The quantitative estimate of drug-likeness (QED) is 0.907. The number of hydrogen-bond acceptors (Lipinski definition) is 4. The van der Waals surface area contributed by atoms with Crippen LogP contribution in [-0.2, 0) is 13.6 Å². The number of rotatable bonds is 4. The molecule has 0 bridgehead atoms. The molecule has 98 valence electrons. The summed E-state index contributed by atoms with van der Waals surface area (Å²) in [5, 5.41) is 20.0. The molecule has 5 nitrogen and oxygen atoms in total. The minimum atomic E-state index is -0.345. The van der Waals surface area contributed by atoms with Crippen molar-refractivity contribution >= 4 is 0 Å². The van der Waals surface area contributed by atoms with Gasteiger partial charge in [0.1, 0.15) is 18.0 Å². The zero-order valence-corrected chi connectivity index (χ0v) is 10.8. The summed E-state index contributed by atoms with van der Waals surface area (Å²) in [6.45, 7) is 2.34. The van der Waals surface area contributed by atoms with E-state index < -0.39 is 0 Å². The lowest BCUT2D eigenvalue weighted by Gasteiger charge is -2.13. The summed E-state index contributed by atoms with van der Waals surface area (Å²) in [5.41, 5.74) is 1.11. The monoisotopic (exact) mass is 259 g/mol. The van der Waals surface area contributed by atoms with Gasteiger partial charge in [-0.15, -0.1) is 10.2 Å². The number of aromatic nitrogens is 3. The summed E-state index contributed by atoms with van der Waals surface area (Å²) < 4.78 is 15.0. The fraction of sp³-hybridized carbons (Fsp3) is 0.308. The summed E-state index contributed by atoms with van der Waals surface area (Å²) in [5.74, 6) is 0.442. The average molecular weight is 259 g/mol. The van der Waals surface area contributed by atoms with Crippen LogP contribution in [0.4, 0.5) is 4.39 Å². The van der Waals surface area contributed by atoms with Gasteiger partial charge in [0.25, 0.3) is 0 Å². The molecule has 1 atom stereocenters. The van der Waals surface area contributed by atoms with E-state index in [-0.39, 0.29) is 11.9 Å². The number of benzene rings is 1. The molecule has 6 heteroatoms. The molecule has 1 unspecified atom stereocenters. The highest BCUT2D eigenvalue weighted by atomic mass is 19.1. The van der Waals surface area contributed by atoms with Crippen molar-refractivity contribution < 1.29 is 4.39 Å². The minimum Gasteiger partial charge on any atom is -0.319 e. The summed E-state index contributed by atoms with van der Waals surface area (Å²) in [6.07, 6.45) is 1.62. The first-order valence-corrected chi connectivity index (χ1v) is 5.87.